The second kappa shape index (κ2) is 7.11. The van der Waals surface area contributed by atoms with Gasteiger partial charge in [-0.2, -0.15) is 0 Å². The Bertz CT molecular complexity index is 416. The van der Waals surface area contributed by atoms with Crippen LogP contribution in [0.25, 0.3) is 0 Å². The van der Waals surface area contributed by atoms with Gasteiger partial charge in [-0.25, -0.2) is 9.59 Å². The minimum absolute atomic E-state index is 0.104. The van der Waals surface area contributed by atoms with Gasteiger partial charge in [0.25, 0.3) is 0 Å². The third kappa shape index (κ3) is 4.69. The number of alkyl carbamates (subject to hydrolysis) is 1. The molecule has 0 saturated heterocycles. The molecule has 0 radical (unpaired) electrons. The molecule has 0 spiro atoms. The van der Waals surface area contributed by atoms with Crippen molar-refractivity contribution in [1.29, 1.82) is 0 Å². The van der Waals surface area contributed by atoms with Gasteiger partial charge in [-0.05, 0) is 12.0 Å². The smallest absolute Gasteiger partial charge is 0.408 e. The summed E-state index contributed by atoms with van der Waals surface area (Å²) in [6, 6.07) is 8.12. The first-order chi connectivity index (χ1) is 8.63. The van der Waals surface area contributed by atoms with E-state index in [-0.39, 0.29) is 13.0 Å². The van der Waals surface area contributed by atoms with Crippen molar-refractivity contribution in [3.05, 3.63) is 48.6 Å². The van der Waals surface area contributed by atoms with Crippen molar-refractivity contribution >= 4 is 12.1 Å². The van der Waals surface area contributed by atoms with Crippen LogP contribution in [-0.2, 0) is 16.1 Å². The van der Waals surface area contributed by atoms with E-state index in [1.54, 1.807) is 0 Å². The molecule has 5 nitrogen and oxygen atoms in total. The molecule has 1 atom stereocenters. The van der Waals surface area contributed by atoms with Gasteiger partial charge in [0.15, 0.2) is 0 Å². The standard InChI is InChI=1S/C13H15NO4/c1-2-6-11(12(15)16)14-13(17)18-9-10-7-4-3-5-8-10/h2-5,7-8,11H,1,6,9H2,(H,14,17)(H,15,16). The summed E-state index contributed by atoms with van der Waals surface area (Å²) >= 11 is 0. The Morgan fingerprint density at radius 1 is 1.39 bits per heavy atom. The Kier molecular flexibility index (Phi) is 5.44. The van der Waals surface area contributed by atoms with Crippen LogP contribution in [0.1, 0.15) is 12.0 Å². The summed E-state index contributed by atoms with van der Waals surface area (Å²) < 4.78 is 4.91. The average molecular weight is 249 g/mol. The van der Waals surface area contributed by atoms with Gasteiger partial charge in [-0.3, -0.25) is 0 Å². The number of carbonyl (C=O) groups is 2. The summed E-state index contributed by atoms with van der Waals surface area (Å²) in [5.41, 5.74) is 0.836. The minimum Gasteiger partial charge on any atom is -0.480 e. The summed E-state index contributed by atoms with van der Waals surface area (Å²) in [6.45, 7) is 3.53. The van der Waals surface area contributed by atoms with E-state index in [1.807, 2.05) is 30.3 Å². The number of ether oxygens (including phenoxy) is 1. The highest BCUT2D eigenvalue weighted by Gasteiger charge is 2.18. The van der Waals surface area contributed by atoms with Gasteiger partial charge >= 0.3 is 12.1 Å². The van der Waals surface area contributed by atoms with Crippen LogP contribution in [0.5, 0.6) is 0 Å². The largest absolute Gasteiger partial charge is 0.480 e. The van der Waals surface area contributed by atoms with Gasteiger partial charge in [-0.15, -0.1) is 6.58 Å². The zero-order chi connectivity index (χ0) is 13.4. The van der Waals surface area contributed by atoms with Crippen molar-refractivity contribution in [3.8, 4) is 0 Å². The first kappa shape index (κ1) is 13.8. The summed E-state index contributed by atoms with van der Waals surface area (Å²) in [4.78, 5) is 22.2. The second-order valence-corrected chi connectivity index (χ2v) is 3.62. The molecule has 2 N–H and O–H groups in total. The van der Waals surface area contributed by atoms with Crippen LogP contribution in [0.3, 0.4) is 0 Å². The van der Waals surface area contributed by atoms with Crippen molar-refractivity contribution in [2.24, 2.45) is 0 Å². The molecule has 1 unspecified atom stereocenters. The van der Waals surface area contributed by atoms with Crippen LogP contribution < -0.4 is 5.32 Å². The lowest BCUT2D eigenvalue weighted by Gasteiger charge is -2.12. The zero-order valence-electron chi connectivity index (χ0n) is 9.83. The lowest BCUT2D eigenvalue weighted by molar-refractivity contribution is -0.139. The van der Waals surface area contributed by atoms with E-state index in [1.165, 1.54) is 6.08 Å². The lowest BCUT2D eigenvalue weighted by Crippen LogP contribution is -2.40. The maximum atomic E-state index is 11.4. The molecule has 1 aromatic rings. The molecule has 0 aromatic heterocycles. The molecule has 0 saturated carbocycles. The summed E-state index contributed by atoms with van der Waals surface area (Å²) in [7, 11) is 0. The molecule has 0 aliphatic carbocycles. The Morgan fingerprint density at radius 3 is 2.61 bits per heavy atom. The molecular formula is C13H15NO4. The van der Waals surface area contributed by atoms with Crippen molar-refractivity contribution in [2.45, 2.75) is 19.1 Å². The van der Waals surface area contributed by atoms with E-state index in [4.69, 9.17) is 9.84 Å². The number of nitrogens with one attached hydrogen (secondary N) is 1. The number of benzene rings is 1. The number of carboxylic acids is 1. The maximum Gasteiger partial charge on any atom is 0.408 e. The van der Waals surface area contributed by atoms with E-state index in [2.05, 4.69) is 11.9 Å². The van der Waals surface area contributed by atoms with Gasteiger partial charge < -0.3 is 15.2 Å². The predicted molar refractivity (Wildman–Crippen MR) is 66.0 cm³/mol. The fourth-order valence-corrected chi connectivity index (χ4v) is 1.30. The quantitative estimate of drug-likeness (QED) is 0.755. The van der Waals surface area contributed by atoms with Crippen LogP contribution >= 0.6 is 0 Å². The highest BCUT2D eigenvalue weighted by atomic mass is 16.5. The Balaban J connectivity index is 2.41. The topological polar surface area (TPSA) is 75.6 Å². The molecule has 18 heavy (non-hydrogen) atoms. The normalized spacial score (nSPS) is 11.3. The molecule has 1 amide bonds. The number of rotatable bonds is 6. The molecular weight excluding hydrogens is 234 g/mol. The number of hydrogen-bond acceptors (Lipinski definition) is 3. The Morgan fingerprint density at radius 2 is 2.06 bits per heavy atom. The van der Waals surface area contributed by atoms with Gasteiger partial charge in [0.1, 0.15) is 12.6 Å². The molecule has 96 valence electrons. The molecule has 0 fully saturated rings. The molecule has 0 aliphatic rings. The third-order valence-corrected chi connectivity index (χ3v) is 2.21. The van der Waals surface area contributed by atoms with Crippen molar-refractivity contribution in [3.63, 3.8) is 0 Å². The monoisotopic (exact) mass is 249 g/mol. The average Bonchev–Trinajstić information content (AvgIpc) is 2.37. The van der Waals surface area contributed by atoms with Gasteiger partial charge in [0, 0.05) is 0 Å². The second-order valence-electron chi connectivity index (χ2n) is 3.62. The highest BCUT2D eigenvalue weighted by Crippen LogP contribution is 2.01. The van der Waals surface area contributed by atoms with Gasteiger partial charge in [-0.1, -0.05) is 36.4 Å². The number of carbonyl (C=O) groups excluding carboxylic acids is 1. The van der Waals surface area contributed by atoms with E-state index in [9.17, 15) is 9.59 Å². The van der Waals surface area contributed by atoms with E-state index in [0.717, 1.165) is 5.56 Å². The molecule has 0 heterocycles. The zero-order valence-corrected chi connectivity index (χ0v) is 9.83. The third-order valence-electron chi connectivity index (χ3n) is 2.21. The van der Waals surface area contributed by atoms with Crippen molar-refractivity contribution in [2.75, 3.05) is 0 Å². The van der Waals surface area contributed by atoms with Gasteiger partial charge in [0.2, 0.25) is 0 Å². The first-order valence-corrected chi connectivity index (χ1v) is 5.44. The van der Waals surface area contributed by atoms with Crippen LogP contribution in [0, 0.1) is 0 Å². The number of amides is 1. The first-order valence-electron chi connectivity index (χ1n) is 5.44. The summed E-state index contributed by atoms with van der Waals surface area (Å²) in [5, 5.41) is 11.1. The predicted octanol–water partition coefficient (Wildman–Crippen LogP) is 1.94. The molecule has 0 aliphatic heterocycles. The fourth-order valence-electron chi connectivity index (χ4n) is 1.30. The lowest BCUT2D eigenvalue weighted by atomic mass is 10.2. The SMILES string of the molecule is C=CCC(NC(=O)OCc1ccccc1)C(=O)O. The van der Waals surface area contributed by atoms with Crippen LogP contribution in [0.4, 0.5) is 4.79 Å². The van der Waals surface area contributed by atoms with Crippen LogP contribution in [0.15, 0.2) is 43.0 Å². The van der Waals surface area contributed by atoms with Gasteiger partial charge in [0.05, 0.1) is 0 Å². The van der Waals surface area contributed by atoms with E-state index < -0.39 is 18.1 Å². The number of aliphatic carboxylic acids is 1. The molecule has 0 bridgehead atoms. The number of hydrogen-bond donors (Lipinski definition) is 2. The van der Waals surface area contributed by atoms with Crippen LogP contribution in [-0.4, -0.2) is 23.2 Å². The molecule has 1 aromatic carbocycles. The minimum atomic E-state index is -1.12. The Labute approximate surface area is 105 Å². The van der Waals surface area contributed by atoms with Crippen molar-refractivity contribution < 1.29 is 19.4 Å². The van der Waals surface area contributed by atoms with E-state index in [0.29, 0.717) is 0 Å². The highest BCUT2D eigenvalue weighted by molar-refractivity contribution is 5.80. The summed E-state index contributed by atoms with van der Waals surface area (Å²) in [5.74, 6) is -1.12. The number of carboxylic acid groups (broad SMARTS) is 1. The fraction of sp³-hybridized carbons (Fsp3) is 0.231. The Hall–Kier alpha value is -2.30. The summed E-state index contributed by atoms with van der Waals surface area (Å²) in [6.07, 6.45) is 0.819. The van der Waals surface area contributed by atoms with Crippen LogP contribution in [0.2, 0.25) is 0 Å². The van der Waals surface area contributed by atoms with Crippen molar-refractivity contribution in [1.82, 2.24) is 5.32 Å². The van der Waals surface area contributed by atoms with E-state index >= 15 is 0 Å². The molecule has 1 rings (SSSR count). The maximum absolute atomic E-state index is 11.4. The molecule has 5 heteroatoms.